The Morgan fingerprint density at radius 2 is 1.55 bits per heavy atom. The molecule has 0 radical (unpaired) electrons. The minimum atomic E-state index is -0.226. The Bertz CT molecular complexity index is 837. The van der Waals surface area contributed by atoms with Crippen LogP contribution < -0.4 is 4.74 Å². The van der Waals surface area contributed by atoms with Crippen LogP contribution in [0.5, 0.6) is 5.75 Å². The van der Waals surface area contributed by atoms with Gasteiger partial charge in [0.15, 0.2) is 0 Å². The largest absolute Gasteiger partial charge is 0.490 e. The van der Waals surface area contributed by atoms with E-state index in [0.717, 1.165) is 30.6 Å². The van der Waals surface area contributed by atoms with Gasteiger partial charge in [-0.1, -0.05) is 90.9 Å². The van der Waals surface area contributed by atoms with Crippen LogP contribution in [0.25, 0.3) is 0 Å². The number of carbonyl (C=O) groups is 1. The predicted molar refractivity (Wildman–Crippen MR) is 129 cm³/mol. The SMILES string of the molecule is CCC(CC(=O)OCc1ccccc1)Oc1ccc(C(C)(C)CC)cc1C(C)(C)CC. The first-order valence-corrected chi connectivity index (χ1v) is 11.6. The summed E-state index contributed by atoms with van der Waals surface area (Å²) in [7, 11) is 0. The summed E-state index contributed by atoms with van der Waals surface area (Å²) in [6.07, 6.45) is 2.87. The zero-order valence-corrected chi connectivity index (χ0v) is 20.5. The van der Waals surface area contributed by atoms with Crippen molar-refractivity contribution in [1.29, 1.82) is 0 Å². The van der Waals surface area contributed by atoms with Crippen LogP contribution in [0.3, 0.4) is 0 Å². The monoisotopic (exact) mass is 424 g/mol. The van der Waals surface area contributed by atoms with Gasteiger partial charge in [0, 0.05) is 5.56 Å². The van der Waals surface area contributed by atoms with Crippen LogP contribution in [0.2, 0.25) is 0 Å². The van der Waals surface area contributed by atoms with E-state index in [1.54, 1.807) is 0 Å². The number of rotatable bonds is 11. The van der Waals surface area contributed by atoms with E-state index in [-0.39, 0.29) is 29.3 Å². The van der Waals surface area contributed by atoms with Gasteiger partial charge < -0.3 is 9.47 Å². The minimum absolute atomic E-state index is 0.0126. The van der Waals surface area contributed by atoms with Gasteiger partial charge >= 0.3 is 5.97 Å². The molecule has 2 aromatic carbocycles. The average Bonchev–Trinajstić information content (AvgIpc) is 2.77. The maximum atomic E-state index is 12.4. The average molecular weight is 425 g/mol. The van der Waals surface area contributed by atoms with Gasteiger partial charge in [-0.05, 0) is 47.3 Å². The number of benzene rings is 2. The molecule has 31 heavy (non-hydrogen) atoms. The molecular weight excluding hydrogens is 384 g/mol. The van der Waals surface area contributed by atoms with Crippen molar-refractivity contribution in [1.82, 2.24) is 0 Å². The lowest BCUT2D eigenvalue weighted by atomic mass is 9.76. The van der Waals surface area contributed by atoms with E-state index in [1.807, 2.05) is 37.3 Å². The topological polar surface area (TPSA) is 35.5 Å². The highest BCUT2D eigenvalue weighted by atomic mass is 16.5. The fraction of sp³-hybridized carbons (Fsp3) is 0.536. The Kier molecular flexibility index (Phi) is 8.73. The highest BCUT2D eigenvalue weighted by Crippen LogP contribution is 2.39. The summed E-state index contributed by atoms with van der Waals surface area (Å²) in [6, 6.07) is 16.3. The number of ether oxygens (including phenoxy) is 2. The molecule has 0 aliphatic rings. The Morgan fingerprint density at radius 1 is 0.903 bits per heavy atom. The third kappa shape index (κ3) is 6.85. The predicted octanol–water partition coefficient (Wildman–Crippen LogP) is 7.35. The van der Waals surface area contributed by atoms with E-state index in [0.29, 0.717) is 6.61 Å². The van der Waals surface area contributed by atoms with Gasteiger partial charge in [0.05, 0.1) is 6.42 Å². The molecule has 0 fully saturated rings. The Morgan fingerprint density at radius 3 is 2.13 bits per heavy atom. The second kappa shape index (κ2) is 10.8. The quantitative estimate of drug-likeness (QED) is 0.354. The first-order chi connectivity index (χ1) is 14.6. The number of carbonyl (C=O) groups excluding carboxylic acids is 1. The Balaban J connectivity index is 2.16. The molecule has 0 aliphatic carbocycles. The molecular formula is C28H40O3. The number of hydrogen-bond acceptors (Lipinski definition) is 3. The summed E-state index contributed by atoms with van der Waals surface area (Å²) in [6.45, 7) is 15.9. The molecule has 3 heteroatoms. The van der Waals surface area contributed by atoms with Gasteiger partial charge in [-0.2, -0.15) is 0 Å². The van der Waals surface area contributed by atoms with E-state index in [4.69, 9.17) is 9.47 Å². The molecule has 0 N–H and O–H groups in total. The molecule has 1 unspecified atom stereocenters. The number of hydrogen-bond donors (Lipinski definition) is 0. The van der Waals surface area contributed by atoms with Gasteiger partial charge in [0.1, 0.15) is 18.5 Å². The molecule has 0 spiro atoms. The van der Waals surface area contributed by atoms with Gasteiger partial charge in [-0.15, -0.1) is 0 Å². The fourth-order valence-electron chi connectivity index (χ4n) is 3.41. The zero-order chi connectivity index (χ0) is 23.1. The van der Waals surface area contributed by atoms with Crippen molar-refractivity contribution in [3.05, 3.63) is 65.2 Å². The third-order valence-corrected chi connectivity index (χ3v) is 6.64. The molecule has 2 rings (SSSR count). The van der Waals surface area contributed by atoms with Crippen LogP contribution in [-0.2, 0) is 27.0 Å². The molecule has 0 aromatic heterocycles. The molecule has 0 saturated carbocycles. The van der Waals surface area contributed by atoms with Crippen molar-refractivity contribution in [3.8, 4) is 5.75 Å². The summed E-state index contributed by atoms with van der Waals surface area (Å²) in [4.78, 5) is 12.4. The smallest absolute Gasteiger partial charge is 0.309 e. The van der Waals surface area contributed by atoms with Gasteiger partial charge in [-0.3, -0.25) is 4.79 Å². The fourth-order valence-corrected chi connectivity index (χ4v) is 3.41. The van der Waals surface area contributed by atoms with E-state index < -0.39 is 0 Å². The highest BCUT2D eigenvalue weighted by molar-refractivity contribution is 5.70. The second-order valence-electron chi connectivity index (χ2n) is 9.68. The Labute approximate surface area is 189 Å². The molecule has 170 valence electrons. The summed E-state index contributed by atoms with van der Waals surface area (Å²) in [5, 5.41) is 0. The molecule has 2 aromatic rings. The summed E-state index contributed by atoms with van der Waals surface area (Å²) in [5.41, 5.74) is 3.63. The second-order valence-corrected chi connectivity index (χ2v) is 9.68. The van der Waals surface area contributed by atoms with Crippen LogP contribution in [0, 0.1) is 0 Å². The molecule has 0 bridgehead atoms. The van der Waals surface area contributed by atoms with Crippen molar-refractivity contribution < 1.29 is 14.3 Å². The van der Waals surface area contributed by atoms with Crippen molar-refractivity contribution >= 4 is 5.97 Å². The highest BCUT2D eigenvalue weighted by Gasteiger charge is 2.28. The van der Waals surface area contributed by atoms with Crippen LogP contribution in [0.15, 0.2) is 48.5 Å². The maximum absolute atomic E-state index is 12.4. The molecule has 3 nitrogen and oxygen atoms in total. The molecule has 1 atom stereocenters. The van der Waals surface area contributed by atoms with Crippen LogP contribution >= 0.6 is 0 Å². The van der Waals surface area contributed by atoms with E-state index in [2.05, 4.69) is 59.7 Å². The molecule has 0 amide bonds. The van der Waals surface area contributed by atoms with Gasteiger partial charge in [-0.25, -0.2) is 0 Å². The van der Waals surface area contributed by atoms with Crippen molar-refractivity contribution in [3.63, 3.8) is 0 Å². The lowest BCUT2D eigenvalue weighted by Gasteiger charge is -2.31. The van der Waals surface area contributed by atoms with E-state index in [9.17, 15) is 4.79 Å². The standard InChI is InChI=1S/C28H40O3/c1-8-23(19-26(29)30-20-21-14-12-11-13-15-21)31-25-17-16-22(27(4,5)9-2)18-24(25)28(6,7)10-3/h11-18,23H,8-10,19-20H2,1-7H3. The summed E-state index contributed by atoms with van der Waals surface area (Å²) < 4.78 is 11.9. The van der Waals surface area contributed by atoms with Crippen LogP contribution in [0.1, 0.15) is 90.8 Å². The Hall–Kier alpha value is -2.29. The molecule has 0 heterocycles. The first kappa shape index (κ1) is 25.0. The number of esters is 1. The van der Waals surface area contributed by atoms with Gasteiger partial charge in [0.25, 0.3) is 0 Å². The van der Waals surface area contributed by atoms with E-state index >= 15 is 0 Å². The van der Waals surface area contributed by atoms with E-state index in [1.165, 1.54) is 11.1 Å². The van der Waals surface area contributed by atoms with Crippen molar-refractivity contribution in [2.24, 2.45) is 0 Å². The lowest BCUT2D eigenvalue weighted by molar-refractivity contribution is -0.146. The molecule has 0 aliphatic heterocycles. The van der Waals surface area contributed by atoms with Gasteiger partial charge in [0.2, 0.25) is 0 Å². The van der Waals surface area contributed by atoms with Crippen molar-refractivity contribution in [2.45, 2.75) is 97.7 Å². The van der Waals surface area contributed by atoms with Crippen LogP contribution in [-0.4, -0.2) is 12.1 Å². The third-order valence-electron chi connectivity index (χ3n) is 6.64. The normalized spacial score (nSPS) is 13.0. The molecule has 0 saturated heterocycles. The van der Waals surface area contributed by atoms with Crippen molar-refractivity contribution in [2.75, 3.05) is 0 Å². The first-order valence-electron chi connectivity index (χ1n) is 11.6. The maximum Gasteiger partial charge on any atom is 0.309 e. The minimum Gasteiger partial charge on any atom is -0.490 e. The van der Waals surface area contributed by atoms with Crippen LogP contribution in [0.4, 0.5) is 0 Å². The summed E-state index contributed by atoms with van der Waals surface area (Å²) >= 11 is 0. The lowest BCUT2D eigenvalue weighted by Crippen LogP contribution is -2.25. The zero-order valence-electron chi connectivity index (χ0n) is 20.5. The summed E-state index contributed by atoms with van der Waals surface area (Å²) in [5.74, 6) is 0.654.